The molecule has 28 heavy (non-hydrogen) atoms. The van der Waals surface area contributed by atoms with E-state index in [9.17, 15) is 9.59 Å². The number of hydrogen-bond donors (Lipinski definition) is 1. The number of fused-ring (bicyclic) bond motifs is 2. The van der Waals surface area contributed by atoms with Crippen LogP contribution in [0.4, 0.5) is 11.4 Å². The summed E-state index contributed by atoms with van der Waals surface area (Å²) >= 11 is 1.77. The molecule has 0 aliphatic carbocycles. The third kappa shape index (κ3) is 3.78. The van der Waals surface area contributed by atoms with Gasteiger partial charge in [-0.2, -0.15) is 0 Å². The number of thioether (sulfide) groups is 1. The van der Waals surface area contributed by atoms with E-state index in [0.717, 1.165) is 39.5 Å². The Bertz CT molecular complexity index is 1030. The summed E-state index contributed by atoms with van der Waals surface area (Å²) in [5, 5.41) is 4.01. The summed E-state index contributed by atoms with van der Waals surface area (Å²) in [6, 6.07) is 15.9. The van der Waals surface area contributed by atoms with Crippen molar-refractivity contribution in [1.29, 1.82) is 0 Å². The van der Waals surface area contributed by atoms with Crippen molar-refractivity contribution in [1.82, 2.24) is 4.57 Å². The molecule has 0 spiro atoms. The molecule has 1 aliphatic rings. The molecular weight excluding hydrogens is 370 g/mol. The molecule has 5 nitrogen and oxygen atoms in total. The second-order valence-corrected chi connectivity index (χ2v) is 7.92. The Morgan fingerprint density at radius 1 is 1.11 bits per heavy atom. The van der Waals surface area contributed by atoms with Crippen LogP contribution in [0.2, 0.25) is 0 Å². The summed E-state index contributed by atoms with van der Waals surface area (Å²) in [5.74, 6) is 0.743. The number of anilines is 2. The van der Waals surface area contributed by atoms with E-state index in [4.69, 9.17) is 0 Å². The normalized spacial score (nSPS) is 13.4. The minimum Gasteiger partial charge on any atom is -0.348 e. The maximum atomic E-state index is 12.7. The molecule has 1 aromatic heterocycles. The molecule has 2 aromatic carbocycles. The molecule has 4 rings (SSSR count). The van der Waals surface area contributed by atoms with E-state index in [0.29, 0.717) is 6.54 Å². The van der Waals surface area contributed by atoms with Gasteiger partial charge in [-0.25, -0.2) is 0 Å². The van der Waals surface area contributed by atoms with Gasteiger partial charge in [0.1, 0.15) is 0 Å². The molecule has 2 heterocycles. The van der Waals surface area contributed by atoms with Gasteiger partial charge in [-0.05, 0) is 43.3 Å². The number of rotatable bonds is 5. The number of carbonyl (C=O) groups is 2. The lowest BCUT2D eigenvalue weighted by molar-refractivity contribution is -0.122. The highest BCUT2D eigenvalue weighted by Crippen LogP contribution is 2.34. The summed E-state index contributed by atoms with van der Waals surface area (Å²) in [6.45, 7) is 3.70. The lowest BCUT2D eigenvalue weighted by Gasteiger charge is -2.29. The zero-order chi connectivity index (χ0) is 19.5. The van der Waals surface area contributed by atoms with Crippen molar-refractivity contribution in [2.45, 2.75) is 31.2 Å². The SMILES string of the molecule is CCn1ccc2cc(NC(=O)CCC(=O)N3CCSc4ccccc43)ccc21. The van der Waals surface area contributed by atoms with Crippen LogP contribution < -0.4 is 10.2 Å². The Hall–Kier alpha value is -2.73. The van der Waals surface area contributed by atoms with Gasteiger partial charge in [0.25, 0.3) is 0 Å². The van der Waals surface area contributed by atoms with Gasteiger partial charge in [-0.3, -0.25) is 9.59 Å². The number of nitrogens with one attached hydrogen (secondary N) is 1. The Morgan fingerprint density at radius 2 is 1.96 bits per heavy atom. The van der Waals surface area contributed by atoms with Gasteiger partial charge in [-0.15, -0.1) is 11.8 Å². The molecule has 0 radical (unpaired) electrons. The highest BCUT2D eigenvalue weighted by Gasteiger charge is 2.22. The molecule has 6 heteroatoms. The Kier molecular flexibility index (Phi) is 5.39. The fraction of sp³-hybridized carbons (Fsp3) is 0.273. The largest absolute Gasteiger partial charge is 0.348 e. The number of para-hydroxylation sites is 1. The van der Waals surface area contributed by atoms with Crippen molar-refractivity contribution >= 4 is 45.9 Å². The van der Waals surface area contributed by atoms with Crippen LogP contribution in [0.1, 0.15) is 19.8 Å². The molecule has 1 N–H and O–H groups in total. The van der Waals surface area contributed by atoms with Gasteiger partial charge < -0.3 is 14.8 Å². The monoisotopic (exact) mass is 393 g/mol. The summed E-state index contributed by atoms with van der Waals surface area (Å²) in [6.07, 6.45) is 2.43. The quantitative estimate of drug-likeness (QED) is 0.693. The third-order valence-electron chi connectivity index (χ3n) is 4.99. The van der Waals surface area contributed by atoms with Gasteiger partial charge in [0, 0.05) is 59.4 Å². The first kappa shape index (κ1) is 18.6. The molecule has 1 aliphatic heterocycles. The van der Waals surface area contributed by atoms with E-state index in [2.05, 4.69) is 16.8 Å². The minimum atomic E-state index is -0.137. The van der Waals surface area contributed by atoms with Crippen LogP contribution in [0, 0.1) is 0 Å². The van der Waals surface area contributed by atoms with Gasteiger partial charge in [-0.1, -0.05) is 12.1 Å². The number of hydrogen-bond acceptors (Lipinski definition) is 3. The number of aryl methyl sites for hydroxylation is 1. The fourth-order valence-corrected chi connectivity index (χ4v) is 4.56. The smallest absolute Gasteiger partial charge is 0.227 e. The van der Waals surface area contributed by atoms with Crippen molar-refractivity contribution in [2.75, 3.05) is 22.5 Å². The topological polar surface area (TPSA) is 54.3 Å². The van der Waals surface area contributed by atoms with Gasteiger partial charge in [0.05, 0.1) is 5.69 Å². The van der Waals surface area contributed by atoms with Crippen LogP contribution in [0.25, 0.3) is 10.9 Å². The molecule has 0 saturated heterocycles. The van der Waals surface area contributed by atoms with Gasteiger partial charge >= 0.3 is 0 Å². The van der Waals surface area contributed by atoms with E-state index < -0.39 is 0 Å². The lowest BCUT2D eigenvalue weighted by Crippen LogP contribution is -2.35. The molecule has 3 aromatic rings. The third-order valence-corrected chi connectivity index (χ3v) is 6.03. The molecule has 0 atom stereocenters. The number of amides is 2. The number of nitrogens with zero attached hydrogens (tertiary/aromatic N) is 2. The van der Waals surface area contributed by atoms with E-state index in [1.54, 1.807) is 16.7 Å². The molecular formula is C22H23N3O2S. The van der Waals surface area contributed by atoms with Gasteiger partial charge in [0.2, 0.25) is 11.8 Å². The van der Waals surface area contributed by atoms with Crippen LogP contribution in [0.15, 0.2) is 59.6 Å². The summed E-state index contributed by atoms with van der Waals surface area (Å²) < 4.78 is 2.16. The van der Waals surface area contributed by atoms with Crippen molar-refractivity contribution in [3.05, 3.63) is 54.7 Å². The molecule has 0 bridgehead atoms. The van der Waals surface area contributed by atoms with Crippen molar-refractivity contribution in [2.24, 2.45) is 0 Å². The molecule has 0 unspecified atom stereocenters. The standard InChI is InChI=1S/C22H23N3O2S/c1-2-24-12-11-16-15-17(7-8-18(16)24)23-21(26)9-10-22(27)25-13-14-28-20-6-4-3-5-19(20)25/h3-8,11-12,15H,2,9-10,13-14H2,1H3,(H,23,26). The maximum Gasteiger partial charge on any atom is 0.227 e. The second kappa shape index (κ2) is 8.10. The molecule has 2 amide bonds. The van der Waals surface area contributed by atoms with Gasteiger partial charge in [0.15, 0.2) is 0 Å². The van der Waals surface area contributed by atoms with Crippen LogP contribution in [-0.4, -0.2) is 28.7 Å². The zero-order valence-electron chi connectivity index (χ0n) is 15.9. The first-order chi connectivity index (χ1) is 13.7. The summed E-state index contributed by atoms with van der Waals surface area (Å²) in [4.78, 5) is 27.9. The lowest BCUT2D eigenvalue weighted by atomic mass is 10.2. The Labute approximate surface area is 168 Å². The average molecular weight is 394 g/mol. The van der Waals surface area contributed by atoms with E-state index in [-0.39, 0.29) is 24.7 Å². The van der Waals surface area contributed by atoms with Crippen LogP contribution >= 0.6 is 11.8 Å². The minimum absolute atomic E-state index is 0.00151. The van der Waals surface area contributed by atoms with Crippen LogP contribution in [0.3, 0.4) is 0 Å². The maximum absolute atomic E-state index is 12.7. The van der Waals surface area contributed by atoms with Crippen LogP contribution in [0.5, 0.6) is 0 Å². The van der Waals surface area contributed by atoms with E-state index >= 15 is 0 Å². The molecule has 0 fully saturated rings. The van der Waals surface area contributed by atoms with E-state index in [1.165, 1.54) is 0 Å². The van der Waals surface area contributed by atoms with Crippen molar-refractivity contribution in [3.8, 4) is 0 Å². The highest BCUT2D eigenvalue weighted by molar-refractivity contribution is 7.99. The number of carbonyl (C=O) groups excluding carboxylic acids is 2. The van der Waals surface area contributed by atoms with E-state index in [1.807, 2.05) is 54.7 Å². The zero-order valence-corrected chi connectivity index (χ0v) is 16.7. The predicted molar refractivity (Wildman–Crippen MR) is 115 cm³/mol. The number of benzene rings is 2. The summed E-state index contributed by atoms with van der Waals surface area (Å²) in [5.41, 5.74) is 2.87. The Morgan fingerprint density at radius 3 is 2.82 bits per heavy atom. The highest BCUT2D eigenvalue weighted by atomic mass is 32.2. The Balaban J connectivity index is 1.36. The fourth-order valence-electron chi connectivity index (χ4n) is 3.56. The number of aromatic nitrogens is 1. The molecule has 0 saturated carbocycles. The molecule has 144 valence electrons. The predicted octanol–water partition coefficient (Wildman–Crippen LogP) is 4.52. The first-order valence-electron chi connectivity index (χ1n) is 9.56. The average Bonchev–Trinajstić information content (AvgIpc) is 3.14. The summed E-state index contributed by atoms with van der Waals surface area (Å²) in [7, 11) is 0. The van der Waals surface area contributed by atoms with Crippen molar-refractivity contribution < 1.29 is 9.59 Å². The second-order valence-electron chi connectivity index (χ2n) is 6.79. The van der Waals surface area contributed by atoms with Crippen molar-refractivity contribution in [3.63, 3.8) is 0 Å². The van der Waals surface area contributed by atoms with Crippen LogP contribution in [-0.2, 0) is 16.1 Å². The first-order valence-corrected chi connectivity index (χ1v) is 10.5.